The number of hydrogen-bond acceptors (Lipinski definition) is 4. The van der Waals surface area contributed by atoms with Crippen LogP contribution >= 0.6 is 0 Å². The molecule has 0 aliphatic heterocycles. The van der Waals surface area contributed by atoms with Crippen LogP contribution in [-0.2, 0) is 44.8 Å². The molecule has 0 radical (unpaired) electrons. The first-order valence-corrected chi connectivity index (χ1v) is 9.96. The molecule has 6 nitrogen and oxygen atoms in total. The van der Waals surface area contributed by atoms with Crippen LogP contribution in [0.1, 0.15) is 35.6 Å². The molecular weight excluding hydrogens is 368 g/mol. The average Bonchev–Trinajstić information content (AvgIpc) is 3.19. The highest BCUT2D eigenvalue weighted by Crippen LogP contribution is 2.23. The number of carbonyl (C=O) groups is 3. The Balaban J connectivity index is 1.38. The second-order valence-corrected chi connectivity index (χ2v) is 7.13. The summed E-state index contributed by atoms with van der Waals surface area (Å²) >= 11 is 0. The Hall–Kier alpha value is -3.15. The third kappa shape index (κ3) is 5.91. The number of rotatable bonds is 8. The highest BCUT2D eigenvalue weighted by molar-refractivity contribution is 5.95. The van der Waals surface area contributed by atoms with E-state index in [1.54, 1.807) is 0 Å². The standard InChI is InChI=1S/C23H26N2O4/c1-2-17-6-3-4-9-20(17)25-21(26)14-24-22(27)15-29-23(28)13-16-10-11-18-7-5-8-19(18)12-16/h3-4,6,9-12H,2,5,7-8,13-15H2,1H3,(H,24,27)(H,25,26). The van der Waals surface area contributed by atoms with Gasteiger partial charge in [-0.1, -0.05) is 43.3 Å². The van der Waals surface area contributed by atoms with Gasteiger partial charge in [0.1, 0.15) is 0 Å². The molecule has 1 aliphatic rings. The van der Waals surface area contributed by atoms with Crippen molar-refractivity contribution in [3.05, 3.63) is 64.7 Å². The molecule has 2 aromatic carbocycles. The molecule has 6 heteroatoms. The number of amides is 2. The quantitative estimate of drug-likeness (QED) is 0.674. The number of para-hydroxylation sites is 1. The lowest BCUT2D eigenvalue weighted by atomic mass is 10.0. The molecule has 0 aromatic heterocycles. The summed E-state index contributed by atoms with van der Waals surface area (Å²) in [6.07, 6.45) is 4.22. The summed E-state index contributed by atoms with van der Waals surface area (Å²) in [7, 11) is 0. The van der Waals surface area contributed by atoms with Crippen LogP contribution < -0.4 is 10.6 Å². The highest BCUT2D eigenvalue weighted by Gasteiger charge is 2.14. The van der Waals surface area contributed by atoms with Gasteiger partial charge in [-0.3, -0.25) is 14.4 Å². The molecule has 3 rings (SSSR count). The predicted molar refractivity (Wildman–Crippen MR) is 111 cm³/mol. The fourth-order valence-electron chi connectivity index (χ4n) is 3.47. The molecule has 1 aliphatic carbocycles. The van der Waals surface area contributed by atoms with E-state index in [0.29, 0.717) is 0 Å². The number of anilines is 1. The maximum Gasteiger partial charge on any atom is 0.310 e. The third-order valence-electron chi connectivity index (χ3n) is 4.99. The van der Waals surface area contributed by atoms with Gasteiger partial charge in [0.15, 0.2) is 6.61 Å². The zero-order valence-electron chi connectivity index (χ0n) is 16.6. The summed E-state index contributed by atoms with van der Waals surface area (Å²) in [4.78, 5) is 35.9. The number of nitrogens with one attached hydrogen (secondary N) is 2. The van der Waals surface area contributed by atoms with E-state index >= 15 is 0 Å². The Morgan fingerprint density at radius 3 is 2.62 bits per heavy atom. The van der Waals surface area contributed by atoms with Gasteiger partial charge in [0.25, 0.3) is 5.91 Å². The van der Waals surface area contributed by atoms with Crippen LogP contribution in [0, 0.1) is 0 Å². The van der Waals surface area contributed by atoms with E-state index in [0.717, 1.165) is 42.5 Å². The summed E-state index contributed by atoms with van der Waals surface area (Å²) in [6.45, 7) is 1.42. The van der Waals surface area contributed by atoms with Gasteiger partial charge >= 0.3 is 5.97 Å². The number of esters is 1. The van der Waals surface area contributed by atoms with Crippen molar-refractivity contribution in [2.24, 2.45) is 0 Å². The van der Waals surface area contributed by atoms with E-state index in [1.807, 2.05) is 43.3 Å². The Bertz CT molecular complexity index is 908. The van der Waals surface area contributed by atoms with Gasteiger partial charge in [-0.25, -0.2) is 0 Å². The van der Waals surface area contributed by atoms with Gasteiger partial charge in [-0.15, -0.1) is 0 Å². The highest BCUT2D eigenvalue weighted by atomic mass is 16.5. The Morgan fingerprint density at radius 2 is 1.79 bits per heavy atom. The molecule has 0 saturated heterocycles. The SMILES string of the molecule is CCc1ccccc1NC(=O)CNC(=O)COC(=O)Cc1ccc2c(c1)CCC2. The largest absolute Gasteiger partial charge is 0.455 e. The summed E-state index contributed by atoms with van der Waals surface area (Å²) in [6, 6.07) is 13.5. The topological polar surface area (TPSA) is 84.5 Å². The van der Waals surface area contributed by atoms with Gasteiger partial charge in [0.2, 0.25) is 5.91 Å². The molecule has 2 N–H and O–H groups in total. The normalized spacial score (nSPS) is 12.2. The molecule has 2 amide bonds. The molecule has 0 bridgehead atoms. The fourth-order valence-corrected chi connectivity index (χ4v) is 3.47. The molecule has 0 fully saturated rings. The smallest absolute Gasteiger partial charge is 0.310 e. The molecule has 0 saturated carbocycles. The summed E-state index contributed by atoms with van der Waals surface area (Å²) in [5, 5.41) is 5.24. The van der Waals surface area contributed by atoms with E-state index in [1.165, 1.54) is 11.1 Å². The first-order chi connectivity index (χ1) is 14.0. The second kappa shape index (κ2) is 9.87. The first kappa shape index (κ1) is 20.6. The van der Waals surface area contributed by atoms with Gasteiger partial charge < -0.3 is 15.4 Å². The molecule has 29 heavy (non-hydrogen) atoms. The van der Waals surface area contributed by atoms with Gasteiger partial charge in [-0.2, -0.15) is 0 Å². The van der Waals surface area contributed by atoms with Crippen molar-refractivity contribution in [2.75, 3.05) is 18.5 Å². The lowest BCUT2D eigenvalue weighted by molar-refractivity contribution is -0.147. The molecular formula is C23H26N2O4. The van der Waals surface area contributed by atoms with Crippen molar-refractivity contribution in [1.29, 1.82) is 0 Å². The zero-order chi connectivity index (χ0) is 20.6. The van der Waals surface area contributed by atoms with E-state index in [9.17, 15) is 14.4 Å². The average molecular weight is 394 g/mol. The van der Waals surface area contributed by atoms with Crippen molar-refractivity contribution >= 4 is 23.5 Å². The Kier molecular flexibility index (Phi) is 7.00. The number of aryl methyl sites for hydroxylation is 3. The first-order valence-electron chi connectivity index (χ1n) is 9.96. The zero-order valence-corrected chi connectivity index (χ0v) is 16.6. The van der Waals surface area contributed by atoms with E-state index in [4.69, 9.17) is 4.74 Å². The van der Waals surface area contributed by atoms with Crippen LogP contribution in [0.15, 0.2) is 42.5 Å². The minimum atomic E-state index is -0.508. The van der Waals surface area contributed by atoms with E-state index < -0.39 is 18.5 Å². The molecule has 2 aromatic rings. The van der Waals surface area contributed by atoms with Crippen molar-refractivity contribution < 1.29 is 19.1 Å². The predicted octanol–water partition coefficient (Wildman–Crippen LogP) is 2.58. The number of carbonyl (C=O) groups excluding carboxylic acids is 3. The number of ether oxygens (including phenoxy) is 1. The molecule has 0 atom stereocenters. The third-order valence-corrected chi connectivity index (χ3v) is 4.99. The second-order valence-electron chi connectivity index (χ2n) is 7.13. The van der Waals surface area contributed by atoms with E-state index in [2.05, 4.69) is 16.7 Å². The lowest BCUT2D eigenvalue weighted by Gasteiger charge is -2.10. The molecule has 0 heterocycles. The Morgan fingerprint density at radius 1 is 1.00 bits per heavy atom. The maximum absolute atomic E-state index is 12.0. The number of hydrogen-bond donors (Lipinski definition) is 2. The summed E-state index contributed by atoms with van der Waals surface area (Å²) < 4.78 is 5.03. The van der Waals surface area contributed by atoms with Crippen LogP contribution in [0.25, 0.3) is 0 Å². The van der Waals surface area contributed by atoms with Crippen molar-refractivity contribution in [3.8, 4) is 0 Å². The van der Waals surface area contributed by atoms with E-state index in [-0.39, 0.29) is 18.9 Å². The maximum atomic E-state index is 12.0. The molecule has 0 spiro atoms. The summed E-state index contributed by atoms with van der Waals surface area (Å²) in [5.74, 6) is -1.30. The summed E-state index contributed by atoms with van der Waals surface area (Å²) in [5.41, 5.74) is 5.29. The van der Waals surface area contributed by atoms with Crippen LogP contribution in [-0.4, -0.2) is 30.9 Å². The number of benzene rings is 2. The fraction of sp³-hybridized carbons (Fsp3) is 0.348. The monoisotopic (exact) mass is 394 g/mol. The van der Waals surface area contributed by atoms with Crippen LogP contribution in [0.5, 0.6) is 0 Å². The van der Waals surface area contributed by atoms with Crippen LogP contribution in [0.3, 0.4) is 0 Å². The van der Waals surface area contributed by atoms with Gasteiger partial charge in [0.05, 0.1) is 13.0 Å². The van der Waals surface area contributed by atoms with Crippen molar-refractivity contribution in [2.45, 2.75) is 39.0 Å². The Labute approximate surface area is 170 Å². The van der Waals surface area contributed by atoms with Crippen molar-refractivity contribution in [1.82, 2.24) is 5.32 Å². The van der Waals surface area contributed by atoms with Crippen LogP contribution in [0.4, 0.5) is 5.69 Å². The van der Waals surface area contributed by atoms with Gasteiger partial charge in [-0.05, 0) is 54.0 Å². The molecule has 0 unspecified atom stereocenters. The van der Waals surface area contributed by atoms with Crippen molar-refractivity contribution in [3.63, 3.8) is 0 Å². The molecule has 152 valence electrons. The minimum absolute atomic E-state index is 0.134. The number of fused-ring (bicyclic) bond motifs is 1. The van der Waals surface area contributed by atoms with Crippen LogP contribution in [0.2, 0.25) is 0 Å². The van der Waals surface area contributed by atoms with Gasteiger partial charge in [0, 0.05) is 5.69 Å². The lowest BCUT2D eigenvalue weighted by Crippen LogP contribution is -2.35. The minimum Gasteiger partial charge on any atom is -0.455 e.